The maximum absolute atomic E-state index is 11.4. The third-order valence-electron chi connectivity index (χ3n) is 2.23. The van der Waals surface area contributed by atoms with Gasteiger partial charge in [0.2, 0.25) is 0 Å². The molecular formula is C13H18BrN3O. The van der Waals surface area contributed by atoms with Crippen molar-refractivity contribution in [3.05, 3.63) is 40.5 Å². The van der Waals surface area contributed by atoms with Gasteiger partial charge in [0.25, 0.3) is 0 Å². The van der Waals surface area contributed by atoms with Gasteiger partial charge >= 0.3 is 6.03 Å². The smallest absolute Gasteiger partial charge is 0.318 e. The van der Waals surface area contributed by atoms with Crippen LogP contribution in [0.3, 0.4) is 0 Å². The van der Waals surface area contributed by atoms with Crippen molar-refractivity contribution in [1.82, 2.24) is 15.5 Å². The van der Waals surface area contributed by atoms with Gasteiger partial charge in [-0.25, -0.2) is 4.79 Å². The standard InChI is InChI=1S/C13H18BrN3O/c1-17(2)10-9-16-13(18)15-8-7-11-5-3-4-6-12(11)14/h3-8H,9-10H2,1-2H3,(H2,15,16,18)/b8-7+. The Morgan fingerprint density at radius 2 is 2.11 bits per heavy atom. The van der Waals surface area contributed by atoms with Crippen LogP contribution in [-0.2, 0) is 0 Å². The first-order valence-electron chi connectivity index (χ1n) is 5.70. The first-order chi connectivity index (χ1) is 8.59. The van der Waals surface area contributed by atoms with E-state index in [1.54, 1.807) is 6.20 Å². The van der Waals surface area contributed by atoms with Crippen molar-refractivity contribution in [2.24, 2.45) is 0 Å². The lowest BCUT2D eigenvalue weighted by atomic mass is 10.2. The van der Waals surface area contributed by atoms with Crippen molar-refractivity contribution in [3.63, 3.8) is 0 Å². The maximum Gasteiger partial charge on any atom is 0.318 e. The van der Waals surface area contributed by atoms with Crippen LogP contribution in [0.15, 0.2) is 34.9 Å². The number of rotatable bonds is 5. The number of halogens is 1. The predicted octanol–water partition coefficient (Wildman–Crippen LogP) is 2.28. The number of nitrogens with zero attached hydrogens (tertiary/aromatic N) is 1. The first-order valence-corrected chi connectivity index (χ1v) is 6.49. The van der Waals surface area contributed by atoms with Crippen LogP contribution in [0.1, 0.15) is 5.56 Å². The van der Waals surface area contributed by atoms with Gasteiger partial charge in [0.15, 0.2) is 0 Å². The SMILES string of the molecule is CN(C)CCNC(=O)N/C=C/c1ccccc1Br. The van der Waals surface area contributed by atoms with Crippen molar-refractivity contribution < 1.29 is 4.79 Å². The average Bonchev–Trinajstić information content (AvgIpc) is 2.31. The molecule has 2 amide bonds. The molecule has 18 heavy (non-hydrogen) atoms. The van der Waals surface area contributed by atoms with Gasteiger partial charge in [0, 0.05) is 23.8 Å². The Balaban J connectivity index is 2.32. The van der Waals surface area contributed by atoms with E-state index in [2.05, 4.69) is 26.6 Å². The molecule has 98 valence electrons. The number of benzene rings is 1. The van der Waals surface area contributed by atoms with Crippen LogP contribution in [0.5, 0.6) is 0 Å². The molecule has 0 aromatic heterocycles. The molecule has 0 bridgehead atoms. The van der Waals surface area contributed by atoms with Gasteiger partial charge in [0.1, 0.15) is 0 Å². The van der Waals surface area contributed by atoms with Crippen molar-refractivity contribution in [3.8, 4) is 0 Å². The highest BCUT2D eigenvalue weighted by Gasteiger charge is 1.97. The Morgan fingerprint density at radius 1 is 1.39 bits per heavy atom. The molecule has 0 heterocycles. The van der Waals surface area contributed by atoms with Crippen molar-refractivity contribution >= 4 is 28.0 Å². The molecule has 1 rings (SSSR count). The number of carbonyl (C=O) groups excluding carboxylic acids is 1. The summed E-state index contributed by atoms with van der Waals surface area (Å²) in [5, 5.41) is 5.42. The molecule has 0 atom stereocenters. The van der Waals surface area contributed by atoms with Gasteiger partial charge in [-0.2, -0.15) is 0 Å². The van der Waals surface area contributed by atoms with E-state index >= 15 is 0 Å². The van der Waals surface area contributed by atoms with Crippen molar-refractivity contribution in [1.29, 1.82) is 0 Å². The monoisotopic (exact) mass is 311 g/mol. The molecule has 0 saturated carbocycles. The zero-order valence-corrected chi connectivity index (χ0v) is 12.2. The van der Waals surface area contributed by atoms with E-state index in [9.17, 15) is 4.79 Å². The summed E-state index contributed by atoms with van der Waals surface area (Å²) in [6.45, 7) is 1.45. The van der Waals surface area contributed by atoms with E-state index < -0.39 is 0 Å². The highest BCUT2D eigenvalue weighted by molar-refractivity contribution is 9.10. The number of urea groups is 1. The minimum absolute atomic E-state index is 0.194. The molecule has 1 aromatic carbocycles. The van der Waals surface area contributed by atoms with E-state index in [1.165, 1.54) is 0 Å². The number of nitrogens with one attached hydrogen (secondary N) is 2. The molecular weight excluding hydrogens is 294 g/mol. The van der Waals surface area contributed by atoms with Gasteiger partial charge in [-0.15, -0.1) is 0 Å². The normalized spacial score (nSPS) is 10.9. The number of likely N-dealkylation sites (N-methyl/N-ethyl adjacent to an activating group) is 1. The molecule has 2 N–H and O–H groups in total. The zero-order chi connectivity index (χ0) is 13.4. The van der Waals surface area contributed by atoms with Crippen LogP contribution in [0, 0.1) is 0 Å². The zero-order valence-electron chi connectivity index (χ0n) is 10.6. The third-order valence-corrected chi connectivity index (χ3v) is 2.95. The molecule has 1 aromatic rings. The fourth-order valence-electron chi connectivity index (χ4n) is 1.26. The molecule has 0 saturated heterocycles. The molecule has 0 spiro atoms. The molecule has 4 nitrogen and oxygen atoms in total. The van der Waals surface area contributed by atoms with Crippen molar-refractivity contribution in [2.45, 2.75) is 0 Å². The topological polar surface area (TPSA) is 44.4 Å². The van der Waals surface area contributed by atoms with Gasteiger partial charge < -0.3 is 15.5 Å². The number of amides is 2. The minimum Gasteiger partial charge on any atom is -0.337 e. The lowest BCUT2D eigenvalue weighted by molar-refractivity contribution is 0.243. The molecule has 0 radical (unpaired) electrons. The lowest BCUT2D eigenvalue weighted by Crippen LogP contribution is -2.36. The van der Waals surface area contributed by atoms with E-state index in [0.717, 1.165) is 16.6 Å². The molecule has 0 unspecified atom stereocenters. The van der Waals surface area contributed by atoms with E-state index in [1.807, 2.05) is 49.3 Å². The second-order valence-electron chi connectivity index (χ2n) is 4.06. The van der Waals surface area contributed by atoms with Crippen LogP contribution >= 0.6 is 15.9 Å². The largest absolute Gasteiger partial charge is 0.337 e. The van der Waals surface area contributed by atoms with Gasteiger partial charge in [-0.05, 0) is 31.8 Å². The molecule has 0 aliphatic heterocycles. The van der Waals surface area contributed by atoms with E-state index in [0.29, 0.717) is 6.54 Å². The number of hydrogen-bond donors (Lipinski definition) is 2. The highest BCUT2D eigenvalue weighted by Crippen LogP contribution is 2.16. The van der Waals surface area contributed by atoms with Crippen LogP contribution in [0.2, 0.25) is 0 Å². The maximum atomic E-state index is 11.4. The van der Waals surface area contributed by atoms with Crippen LogP contribution in [-0.4, -0.2) is 38.1 Å². The predicted molar refractivity (Wildman–Crippen MR) is 78.3 cm³/mol. The Kier molecular flexibility index (Phi) is 6.46. The summed E-state index contributed by atoms with van der Waals surface area (Å²) in [6, 6.07) is 7.62. The Hall–Kier alpha value is -1.33. The fraction of sp³-hybridized carbons (Fsp3) is 0.308. The quantitative estimate of drug-likeness (QED) is 0.876. The van der Waals surface area contributed by atoms with Gasteiger partial charge in [-0.1, -0.05) is 34.1 Å². The second-order valence-corrected chi connectivity index (χ2v) is 4.91. The first kappa shape index (κ1) is 14.7. The van der Waals surface area contributed by atoms with Crippen LogP contribution < -0.4 is 10.6 Å². The second kappa shape index (κ2) is 7.89. The van der Waals surface area contributed by atoms with Gasteiger partial charge in [0.05, 0.1) is 0 Å². The fourth-order valence-corrected chi connectivity index (χ4v) is 1.68. The summed E-state index contributed by atoms with van der Waals surface area (Å²) in [6.07, 6.45) is 3.47. The summed E-state index contributed by atoms with van der Waals surface area (Å²) in [5.74, 6) is 0. The van der Waals surface area contributed by atoms with E-state index in [-0.39, 0.29) is 6.03 Å². The summed E-state index contributed by atoms with van der Waals surface area (Å²) in [5.41, 5.74) is 1.02. The van der Waals surface area contributed by atoms with Crippen LogP contribution in [0.4, 0.5) is 4.79 Å². The molecule has 0 fully saturated rings. The summed E-state index contributed by atoms with van der Waals surface area (Å²) < 4.78 is 0.996. The summed E-state index contributed by atoms with van der Waals surface area (Å²) in [4.78, 5) is 13.4. The Bertz CT molecular complexity index is 418. The molecule has 0 aliphatic carbocycles. The third kappa shape index (κ3) is 5.84. The molecule has 5 heteroatoms. The number of carbonyl (C=O) groups is 1. The Morgan fingerprint density at radius 3 is 2.78 bits per heavy atom. The van der Waals surface area contributed by atoms with Gasteiger partial charge in [-0.3, -0.25) is 0 Å². The Labute approximate surface area is 116 Å². The summed E-state index contributed by atoms with van der Waals surface area (Å²) in [7, 11) is 3.93. The average molecular weight is 312 g/mol. The highest BCUT2D eigenvalue weighted by atomic mass is 79.9. The minimum atomic E-state index is -0.194. The summed E-state index contributed by atoms with van der Waals surface area (Å²) >= 11 is 3.44. The molecule has 0 aliphatic rings. The van der Waals surface area contributed by atoms with E-state index in [4.69, 9.17) is 0 Å². The number of hydrogen-bond acceptors (Lipinski definition) is 2. The van der Waals surface area contributed by atoms with Crippen molar-refractivity contribution in [2.75, 3.05) is 27.2 Å². The lowest BCUT2D eigenvalue weighted by Gasteiger charge is -2.09. The van der Waals surface area contributed by atoms with Crippen LogP contribution in [0.25, 0.3) is 6.08 Å².